The Morgan fingerprint density at radius 3 is 2.33 bits per heavy atom. The highest BCUT2D eigenvalue weighted by Crippen LogP contribution is 2.22. The molecular formula is C21H24ClN3O2. The second-order valence-electron chi connectivity index (χ2n) is 6.69. The van der Waals surface area contributed by atoms with E-state index in [0.717, 1.165) is 18.7 Å². The number of benzene rings is 2. The highest BCUT2D eigenvalue weighted by Gasteiger charge is 2.12. The van der Waals surface area contributed by atoms with Gasteiger partial charge in [0, 0.05) is 36.0 Å². The van der Waals surface area contributed by atoms with Gasteiger partial charge in [0.25, 0.3) is 0 Å². The summed E-state index contributed by atoms with van der Waals surface area (Å²) < 4.78 is 0. The van der Waals surface area contributed by atoms with Crippen LogP contribution in [0.4, 0.5) is 11.4 Å². The number of halogens is 1. The van der Waals surface area contributed by atoms with E-state index in [-0.39, 0.29) is 18.2 Å². The molecule has 0 saturated carbocycles. The summed E-state index contributed by atoms with van der Waals surface area (Å²) in [5, 5.41) is 6.08. The van der Waals surface area contributed by atoms with Crippen LogP contribution < -0.4 is 15.5 Å². The molecule has 1 fully saturated rings. The van der Waals surface area contributed by atoms with Crippen LogP contribution in [0.1, 0.15) is 31.2 Å². The van der Waals surface area contributed by atoms with Gasteiger partial charge in [0.05, 0.1) is 0 Å². The molecular weight excluding hydrogens is 362 g/mol. The minimum atomic E-state index is -0.336. The number of carbonyl (C=O) groups is 2. The summed E-state index contributed by atoms with van der Waals surface area (Å²) in [4.78, 5) is 26.4. The van der Waals surface area contributed by atoms with Gasteiger partial charge in [0.15, 0.2) is 0 Å². The van der Waals surface area contributed by atoms with Gasteiger partial charge in [-0.05, 0) is 55.2 Å². The van der Waals surface area contributed by atoms with Crippen molar-refractivity contribution < 1.29 is 9.59 Å². The fourth-order valence-corrected chi connectivity index (χ4v) is 3.36. The molecule has 2 aromatic carbocycles. The van der Waals surface area contributed by atoms with E-state index in [0.29, 0.717) is 17.3 Å². The minimum absolute atomic E-state index is 0.224. The number of nitrogens with zero attached hydrogens (tertiary/aromatic N) is 1. The van der Waals surface area contributed by atoms with Crippen molar-refractivity contribution in [1.82, 2.24) is 5.32 Å². The third kappa shape index (κ3) is 5.73. The largest absolute Gasteiger partial charge is 0.372 e. The van der Waals surface area contributed by atoms with Crippen molar-refractivity contribution in [3.05, 3.63) is 59.1 Å². The third-order valence-corrected chi connectivity index (χ3v) is 5.00. The summed E-state index contributed by atoms with van der Waals surface area (Å²) in [5.41, 5.74) is 2.69. The zero-order chi connectivity index (χ0) is 19.1. The number of anilines is 2. The Morgan fingerprint density at radius 1 is 0.926 bits per heavy atom. The fourth-order valence-electron chi connectivity index (χ4n) is 3.16. The molecule has 0 spiro atoms. The second kappa shape index (κ2) is 9.42. The molecule has 27 heavy (non-hydrogen) atoms. The number of hydrogen-bond acceptors (Lipinski definition) is 3. The minimum Gasteiger partial charge on any atom is -0.372 e. The molecule has 1 aliphatic heterocycles. The molecule has 3 rings (SSSR count). The SMILES string of the molecule is O=C(CC(=O)Nc1ccc(N2CCCCC2)cc1)NCc1ccccc1Cl. The van der Waals surface area contributed by atoms with E-state index in [1.165, 1.54) is 24.9 Å². The average Bonchev–Trinajstić information content (AvgIpc) is 2.68. The summed E-state index contributed by atoms with van der Waals surface area (Å²) in [7, 11) is 0. The van der Waals surface area contributed by atoms with Crippen LogP contribution in [0.25, 0.3) is 0 Å². The first-order valence-corrected chi connectivity index (χ1v) is 9.64. The zero-order valence-electron chi connectivity index (χ0n) is 15.2. The molecule has 6 heteroatoms. The number of amides is 2. The summed E-state index contributed by atoms with van der Waals surface area (Å²) in [6.45, 7) is 2.46. The maximum atomic E-state index is 12.1. The van der Waals surface area contributed by atoms with Gasteiger partial charge in [-0.2, -0.15) is 0 Å². The lowest BCUT2D eigenvalue weighted by atomic mass is 10.1. The molecule has 2 amide bonds. The Labute approximate surface area is 164 Å². The number of carbonyl (C=O) groups excluding carboxylic acids is 2. The summed E-state index contributed by atoms with van der Waals surface area (Å²) in [6, 6.07) is 15.1. The lowest BCUT2D eigenvalue weighted by Gasteiger charge is -2.28. The molecule has 1 aliphatic rings. The molecule has 2 aromatic rings. The molecule has 0 atom stereocenters. The van der Waals surface area contributed by atoms with Crippen molar-refractivity contribution >= 4 is 34.8 Å². The standard InChI is InChI=1S/C21H24ClN3O2/c22-19-7-3-2-6-16(19)15-23-20(26)14-21(27)24-17-8-10-18(11-9-17)25-12-4-1-5-13-25/h2-3,6-11H,1,4-5,12-15H2,(H,23,26)(H,24,27). The third-order valence-electron chi connectivity index (χ3n) is 4.63. The molecule has 5 nitrogen and oxygen atoms in total. The van der Waals surface area contributed by atoms with E-state index in [9.17, 15) is 9.59 Å². The number of piperidine rings is 1. The Bertz CT molecular complexity index is 786. The van der Waals surface area contributed by atoms with E-state index < -0.39 is 0 Å². The maximum Gasteiger partial charge on any atom is 0.233 e. The first kappa shape index (κ1) is 19.2. The topological polar surface area (TPSA) is 61.4 Å². The lowest BCUT2D eigenvalue weighted by molar-refractivity contribution is -0.126. The van der Waals surface area contributed by atoms with Crippen molar-refractivity contribution in [2.45, 2.75) is 32.2 Å². The van der Waals surface area contributed by atoms with E-state index in [4.69, 9.17) is 11.6 Å². The van der Waals surface area contributed by atoms with Crippen LogP contribution in [-0.4, -0.2) is 24.9 Å². The average molecular weight is 386 g/mol. The van der Waals surface area contributed by atoms with Gasteiger partial charge in [0.1, 0.15) is 6.42 Å². The summed E-state index contributed by atoms with van der Waals surface area (Å²) in [5.74, 6) is -0.672. The zero-order valence-corrected chi connectivity index (χ0v) is 16.0. The molecule has 2 N–H and O–H groups in total. The molecule has 0 aliphatic carbocycles. The monoisotopic (exact) mass is 385 g/mol. The van der Waals surface area contributed by atoms with Crippen LogP contribution in [-0.2, 0) is 16.1 Å². The number of nitrogens with one attached hydrogen (secondary N) is 2. The van der Waals surface area contributed by atoms with E-state index in [1.807, 2.05) is 42.5 Å². The predicted molar refractivity (Wildman–Crippen MR) is 109 cm³/mol. The lowest BCUT2D eigenvalue weighted by Crippen LogP contribution is -2.29. The first-order chi connectivity index (χ1) is 13.1. The summed E-state index contributed by atoms with van der Waals surface area (Å²) in [6.07, 6.45) is 3.52. The second-order valence-corrected chi connectivity index (χ2v) is 7.09. The van der Waals surface area contributed by atoms with Gasteiger partial charge in [-0.25, -0.2) is 0 Å². The molecule has 1 saturated heterocycles. The van der Waals surface area contributed by atoms with E-state index >= 15 is 0 Å². The quantitative estimate of drug-likeness (QED) is 0.739. The van der Waals surface area contributed by atoms with Gasteiger partial charge >= 0.3 is 0 Å². The van der Waals surface area contributed by atoms with Gasteiger partial charge in [-0.15, -0.1) is 0 Å². The van der Waals surface area contributed by atoms with Crippen LogP contribution in [0.2, 0.25) is 5.02 Å². The molecule has 0 unspecified atom stereocenters. The Hall–Kier alpha value is -2.53. The molecule has 0 radical (unpaired) electrons. The molecule has 0 aromatic heterocycles. The van der Waals surface area contributed by atoms with Gasteiger partial charge in [-0.1, -0.05) is 29.8 Å². The van der Waals surface area contributed by atoms with E-state index in [1.54, 1.807) is 6.07 Å². The van der Waals surface area contributed by atoms with Crippen LogP contribution in [0.15, 0.2) is 48.5 Å². The molecule has 0 bridgehead atoms. The van der Waals surface area contributed by atoms with E-state index in [2.05, 4.69) is 15.5 Å². The van der Waals surface area contributed by atoms with Gasteiger partial charge < -0.3 is 15.5 Å². The van der Waals surface area contributed by atoms with Crippen LogP contribution in [0.5, 0.6) is 0 Å². The fraction of sp³-hybridized carbons (Fsp3) is 0.333. The van der Waals surface area contributed by atoms with Gasteiger partial charge in [0.2, 0.25) is 11.8 Å². The van der Waals surface area contributed by atoms with Crippen molar-refractivity contribution in [3.8, 4) is 0 Å². The Morgan fingerprint density at radius 2 is 1.63 bits per heavy atom. The van der Waals surface area contributed by atoms with Gasteiger partial charge in [-0.3, -0.25) is 9.59 Å². The smallest absolute Gasteiger partial charge is 0.233 e. The van der Waals surface area contributed by atoms with Crippen LogP contribution in [0.3, 0.4) is 0 Å². The Balaban J connectivity index is 1.45. The van der Waals surface area contributed by atoms with Crippen molar-refractivity contribution in [2.24, 2.45) is 0 Å². The maximum absolute atomic E-state index is 12.1. The number of hydrogen-bond donors (Lipinski definition) is 2. The van der Waals surface area contributed by atoms with Crippen molar-refractivity contribution in [1.29, 1.82) is 0 Å². The highest BCUT2D eigenvalue weighted by atomic mass is 35.5. The van der Waals surface area contributed by atoms with Crippen LogP contribution >= 0.6 is 11.6 Å². The first-order valence-electron chi connectivity index (χ1n) is 9.27. The Kier molecular flexibility index (Phi) is 6.71. The normalized spacial score (nSPS) is 13.9. The summed E-state index contributed by atoms with van der Waals surface area (Å²) >= 11 is 6.06. The van der Waals surface area contributed by atoms with Crippen molar-refractivity contribution in [3.63, 3.8) is 0 Å². The molecule has 142 valence electrons. The van der Waals surface area contributed by atoms with Crippen molar-refractivity contribution in [2.75, 3.05) is 23.3 Å². The number of rotatable bonds is 6. The highest BCUT2D eigenvalue weighted by molar-refractivity contribution is 6.31. The predicted octanol–water partition coefficient (Wildman–Crippen LogP) is 3.98. The van der Waals surface area contributed by atoms with Crippen LogP contribution in [0, 0.1) is 0 Å². The molecule has 1 heterocycles.